The van der Waals surface area contributed by atoms with Gasteiger partial charge in [-0.15, -0.1) is 0 Å². The molecule has 3 aromatic rings. The van der Waals surface area contributed by atoms with Crippen LogP contribution in [0.15, 0.2) is 45.7 Å². The van der Waals surface area contributed by atoms with Crippen LogP contribution in [0.25, 0.3) is 10.8 Å². The van der Waals surface area contributed by atoms with Crippen molar-refractivity contribution in [2.75, 3.05) is 14.2 Å². The zero-order valence-corrected chi connectivity index (χ0v) is 16.7. The molecule has 0 N–H and O–H groups in total. The van der Waals surface area contributed by atoms with E-state index in [0.29, 0.717) is 33.0 Å². The number of halogens is 1. The molecular formula is C19H13BrO6S. The smallest absolute Gasteiger partial charge is 0.353 e. The van der Waals surface area contributed by atoms with Crippen LogP contribution in [0.4, 0.5) is 0 Å². The maximum Gasteiger partial charge on any atom is 0.353 e. The summed E-state index contributed by atoms with van der Waals surface area (Å²) < 4.78 is 16.1. The highest BCUT2D eigenvalue weighted by atomic mass is 79.9. The number of carbonyl (C=O) groups excluding carboxylic acids is 2. The molecule has 138 valence electrons. The number of fused-ring (bicyclic) bond motifs is 1. The van der Waals surface area contributed by atoms with Crippen molar-refractivity contribution in [3.05, 3.63) is 60.8 Å². The average molecular weight is 449 g/mol. The first-order valence-electron chi connectivity index (χ1n) is 7.64. The van der Waals surface area contributed by atoms with Gasteiger partial charge in [0, 0.05) is 4.47 Å². The monoisotopic (exact) mass is 448 g/mol. The van der Waals surface area contributed by atoms with Gasteiger partial charge in [-0.25, -0.2) is 4.79 Å². The molecule has 0 bridgehead atoms. The van der Waals surface area contributed by atoms with E-state index in [1.165, 1.54) is 26.4 Å². The lowest BCUT2D eigenvalue weighted by atomic mass is 10.1. The van der Waals surface area contributed by atoms with Gasteiger partial charge in [0.05, 0.1) is 25.2 Å². The number of methoxy groups -OCH3 is 2. The second-order valence-electron chi connectivity index (χ2n) is 5.35. The first kappa shape index (κ1) is 19.1. The Morgan fingerprint density at radius 3 is 2.48 bits per heavy atom. The van der Waals surface area contributed by atoms with Gasteiger partial charge in [-0.3, -0.25) is 9.59 Å². The molecule has 0 saturated heterocycles. The Kier molecular flexibility index (Phi) is 5.57. The molecule has 0 saturated carbocycles. The SMILES string of the molecule is COc1ccc2cc(C(=O)Oc3ccc(Br)cc3C=O)sc(=O)c2c1OC. The van der Waals surface area contributed by atoms with Crippen LogP contribution >= 0.6 is 27.3 Å². The highest BCUT2D eigenvalue weighted by Crippen LogP contribution is 2.34. The summed E-state index contributed by atoms with van der Waals surface area (Å²) in [4.78, 5) is 36.4. The number of carbonyl (C=O) groups is 2. The Hall–Kier alpha value is -2.71. The van der Waals surface area contributed by atoms with Crippen molar-refractivity contribution in [1.29, 1.82) is 0 Å². The van der Waals surface area contributed by atoms with Gasteiger partial charge in [-0.2, -0.15) is 0 Å². The molecule has 0 atom stereocenters. The summed E-state index contributed by atoms with van der Waals surface area (Å²) in [6.07, 6.45) is 0.591. The van der Waals surface area contributed by atoms with Crippen molar-refractivity contribution < 1.29 is 23.8 Å². The number of benzene rings is 2. The number of hydrogen-bond acceptors (Lipinski definition) is 7. The predicted octanol–water partition coefficient (Wildman–Crippen LogP) is 4.07. The molecule has 0 spiro atoms. The zero-order chi connectivity index (χ0) is 19.6. The van der Waals surface area contributed by atoms with Crippen molar-refractivity contribution in [1.82, 2.24) is 0 Å². The number of esters is 1. The minimum absolute atomic E-state index is 0.111. The van der Waals surface area contributed by atoms with Gasteiger partial charge >= 0.3 is 5.97 Å². The first-order chi connectivity index (χ1) is 13.0. The van der Waals surface area contributed by atoms with E-state index in [0.717, 1.165) is 11.3 Å². The number of hydrogen-bond donors (Lipinski definition) is 0. The maximum atomic E-state index is 12.6. The third-order valence-corrected chi connectivity index (χ3v) is 5.16. The fourth-order valence-corrected chi connectivity index (χ4v) is 3.75. The van der Waals surface area contributed by atoms with Crippen molar-refractivity contribution >= 4 is 50.3 Å². The second-order valence-corrected chi connectivity index (χ2v) is 7.28. The summed E-state index contributed by atoms with van der Waals surface area (Å²) in [5.74, 6) is 0.131. The molecule has 6 nitrogen and oxygen atoms in total. The standard InChI is InChI=1S/C19H13BrO6S/c1-24-14-5-3-10-8-15(27-19(23)16(10)17(14)25-2)18(22)26-13-6-4-12(20)7-11(13)9-21/h3-9H,1-2H3. The Morgan fingerprint density at radius 1 is 1.07 bits per heavy atom. The fraction of sp³-hybridized carbons (Fsp3) is 0.105. The number of rotatable bonds is 5. The van der Waals surface area contributed by atoms with Gasteiger partial charge in [0.2, 0.25) is 4.74 Å². The van der Waals surface area contributed by atoms with Crippen molar-refractivity contribution in [3.8, 4) is 17.2 Å². The quantitative estimate of drug-likeness (QED) is 0.332. The minimum atomic E-state index is -0.723. The van der Waals surface area contributed by atoms with Crippen molar-refractivity contribution in [2.24, 2.45) is 0 Å². The van der Waals surface area contributed by atoms with E-state index < -0.39 is 5.97 Å². The van der Waals surface area contributed by atoms with Crippen LogP contribution in [0.2, 0.25) is 0 Å². The van der Waals surface area contributed by atoms with Crippen LogP contribution in [0.5, 0.6) is 17.2 Å². The minimum Gasteiger partial charge on any atom is -0.493 e. The molecule has 0 radical (unpaired) electrons. The van der Waals surface area contributed by atoms with E-state index in [-0.39, 0.29) is 20.9 Å². The van der Waals surface area contributed by atoms with E-state index >= 15 is 0 Å². The molecule has 2 aromatic carbocycles. The number of aldehydes is 1. The van der Waals surface area contributed by atoms with Crippen molar-refractivity contribution in [3.63, 3.8) is 0 Å². The molecule has 0 fully saturated rings. The van der Waals surface area contributed by atoms with Crippen LogP contribution < -0.4 is 19.0 Å². The van der Waals surface area contributed by atoms with Gasteiger partial charge in [0.1, 0.15) is 10.6 Å². The van der Waals surface area contributed by atoms with Crippen LogP contribution in [-0.4, -0.2) is 26.5 Å². The second kappa shape index (κ2) is 7.89. The highest BCUT2D eigenvalue weighted by molar-refractivity contribution is 9.10. The van der Waals surface area contributed by atoms with Crippen LogP contribution in [0, 0.1) is 0 Å². The molecule has 1 heterocycles. The Morgan fingerprint density at radius 2 is 1.81 bits per heavy atom. The van der Waals surface area contributed by atoms with E-state index in [9.17, 15) is 14.4 Å². The molecule has 3 rings (SSSR count). The van der Waals surface area contributed by atoms with Crippen LogP contribution in [0.3, 0.4) is 0 Å². The molecule has 0 amide bonds. The van der Waals surface area contributed by atoms with Crippen LogP contribution in [0.1, 0.15) is 20.0 Å². The topological polar surface area (TPSA) is 78.9 Å². The lowest BCUT2D eigenvalue weighted by Crippen LogP contribution is -2.11. The molecule has 0 unspecified atom stereocenters. The zero-order valence-electron chi connectivity index (χ0n) is 14.3. The summed E-state index contributed by atoms with van der Waals surface area (Å²) in [7, 11) is 2.92. The van der Waals surface area contributed by atoms with Crippen LogP contribution in [-0.2, 0) is 0 Å². The summed E-state index contributed by atoms with van der Waals surface area (Å²) in [5, 5.41) is 0.852. The first-order valence-corrected chi connectivity index (χ1v) is 9.25. The Bertz CT molecular complexity index is 1110. The summed E-state index contributed by atoms with van der Waals surface area (Å²) >= 11 is 3.99. The molecule has 0 aliphatic rings. The van der Waals surface area contributed by atoms with Crippen molar-refractivity contribution in [2.45, 2.75) is 0 Å². The molecule has 0 aliphatic heterocycles. The predicted molar refractivity (Wildman–Crippen MR) is 106 cm³/mol. The van der Waals surface area contributed by atoms with Gasteiger partial charge in [0.25, 0.3) is 0 Å². The normalized spacial score (nSPS) is 10.5. The van der Waals surface area contributed by atoms with E-state index in [1.807, 2.05) is 0 Å². The molecule has 1 aromatic heterocycles. The van der Waals surface area contributed by atoms with E-state index in [4.69, 9.17) is 14.2 Å². The Balaban J connectivity index is 2.04. The summed E-state index contributed by atoms with van der Waals surface area (Å²) in [6, 6.07) is 9.55. The molecule has 0 aliphatic carbocycles. The van der Waals surface area contributed by atoms with Gasteiger partial charge < -0.3 is 14.2 Å². The fourth-order valence-electron chi connectivity index (χ4n) is 2.55. The molecular weight excluding hydrogens is 436 g/mol. The maximum absolute atomic E-state index is 12.6. The number of ether oxygens (including phenoxy) is 3. The van der Waals surface area contributed by atoms with Gasteiger partial charge in [-0.05, 0) is 35.7 Å². The molecule has 8 heteroatoms. The largest absolute Gasteiger partial charge is 0.493 e. The highest BCUT2D eigenvalue weighted by Gasteiger charge is 2.18. The lowest BCUT2D eigenvalue weighted by molar-refractivity contribution is 0.0738. The van der Waals surface area contributed by atoms with E-state index in [2.05, 4.69) is 15.9 Å². The van der Waals surface area contributed by atoms with Gasteiger partial charge in [0.15, 0.2) is 17.8 Å². The molecule has 27 heavy (non-hydrogen) atoms. The summed E-state index contributed by atoms with van der Waals surface area (Å²) in [6.45, 7) is 0. The van der Waals surface area contributed by atoms with Gasteiger partial charge in [-0.1, -0.05) is 33.3 Å². The van der Waals surface area contributed by atoms with E-state index in [1.54, 1.807) is 24.3 Å². The average Bonchev–Trinajstić information content (AvgIpc) is 2.67. The Labute approximate surface area is 166 Å². The lowest BCUT2D eigenvalue weighted by Gasteiger charge is -2.11. The third-order valence-electron chi connectivity index (χ3n) is 3.77. The summed E-state index contributed by atoms with van der Waals surface area (Å²) in [5.41, 5.74) is 0.220. The third kappa shape index (κ3) is 3.72.